The molecule has 0 aliphatic carbocycles. The number of ether oxygens (including phenoxy) is 5. The van der Waals surface area contributed by atoms with E-state index in [1.54, 1.807) is 35.5 Å². The Morgan fingerprint density at radius 1 is 0.629 bits per heavy atom. The van der Waals surface area contributed by atoms with Crippen LogP contribution in [0, 0.1) is 0 Å². The number of methoxy groups -OCH3 is 5. The van der Waals surface area contributed by atoms with Crippen molar-refractivity contribution in [2.75, 3.05) is 40.9 Å². The molecule has 0 saturated heterocycles. The second kappa shape index (κ2) is 10.6. The van der Waals surface area contributed by atoms with E-state index in [9.17, 15) is 0 Å². The Balaban J connectivity index is 1.55. The van der Waals surface area contributed by atoms with Crippen molar-refractivity contribution in [2.24, 2.45) is 0 Å². The summed E-state index contributed by atoms with van der Waals surface area (Å²) in [4.78, 5) is 8.76. The van der Waals surface area contributed by atoms with Crippen LogP contribution < -0.4 is 29.0 Å². The molecule has 1 N–H and O–H groups in total. The number of nitrogens with one attached hydrogen (secondary N) is 1. The zero-order valence-electron chi connectivity index (χ0n) is 20.3. The lowest BCUT2D eigenvalue weighted by Crippen LogP contribution is -1.98. The second-order valence-electron chi connectivity index (χ2n) is 7.49. The molecule has 8 nitrogen and oxygen atoms in total. The van der Waals surface area contributed by atoms with Crippen LogP contribution in [0.25, 0.3) is 23.1 Å². The summed E-state index contributed by atoms with van der Waals surface area (Å²) in [5, 5.41) is 4.19. The molecule has 0 saturated carbocycles. The van der Waals surface area contributed by atoms with E-state index in [0.717, 1.165) is 27.7 Å². The second-order valence-corrected chi connectivity index (χ2v) is 7.49. The maximum absolute atomic E-state index is 5.43. The first-order valence-electron chi connectivity index (χ1n) is 10.8. The minimum absolute atomic E-state index is 0.566. The highest BCUT2D eigenvalue weighted by Crippen LogP contribution is 2.39. The summed E-state index contributed by atoms with van der Waals surface area (Å²) in [7, 11) is 7.99. The molecule has 8 heteroatoms. The molecule has 1 heterocycles. The lowest BCUT2D eigenvalue weighted by Gasteiger charge is -2.13. The summed E-state index contributed by atoms with van der Waals surface area (Å²) in [5.74, 6) is 3.69. The zero-order chi connectivity index (χ0) is 24.8. The van der Waals surface area contributed by atoms with Crippen LogP contribution in [-0.2, 0) is 0 Å². The van der Waals surface area contributed by atoms with Crippen molar-refractivity contribution in [1.82, 2.24) is 9.97 Å². The molecule has 0 aliphatic rings. The van der Waals surface area contributed by atoms with Gasteiger partial charge in [-0.05, 0) is 41.5 Å². The van der Waals surface area contributed by atoms with Crippen molar-refractivity contribution in [3.8, 4) is 28.7 Å². The van der Waals surface area contributed by atoms with E-state index >= 15 is 0 Å². The molecule has 0 radical (unpaired) electrons. The van der Waals surface area contributed by atoms with Gasteiger partial charge >= 0.3 is 0 Å². The van der Waals surface area contributed by atoms with Crippen LogP contribution in [0.4, 0.5) is 11.5 Å². The van der Waals surface area contributed by atoms with Gasteiger partial charge in [0.05, 0.1) is 41.1 Å². The SMILES string of the molecule is COc1cc2ncnc(Nc3ccc(/C=C/c4cc(OC)c(OC)c(OC)c4)cc3)c2cc1OC. The van der Waals surface area contributed by atoms with Crippen molar-refractivity contribution < 1.29 is 23.7 Å². The Morgan fingerprint density at radius 3 is 1.83 bits per heavy atom. The van der Waals surface area contributed by atoms with Gasteiger partial charge in [-0.2, -0.15) is 0 Å². The molecule has 0 fully saturated rings. The molecule has 0 amide bonds. The van der Waals surface area contributed by atoms with Crippen LogP contribution in [0.5, 0.6) is 28.7 Å². The van der Waals surface area contributed by atoms with Gasteiger partial charge in [0, 0.05) is 17.1 Å². The molecule has 0 aliphatic heterocycles. The first-order valence-corrected chi connectivity index (χ1v) is 10.8. The third kappa shape index (κ3) is 5.06. The topological polar surface area (TPSA) is 84.0 Å². The van der Waals surface area contributed by atoms with Crippen molar-refractivity contribution >= 4 is 34.6 Å². The van der Waals surface area contributed by atoms with Crippen molar-refractivity contribution in [1.29, 1.82) is 0 Å². The normalized spacial score (nSPS) is 10.9. The number of benzene rings is 3. The highest BCUT2D eigenvalue weighted by Gasteiger charge is 2.13. The van der Waals surface area contributed by atoms with Crippen LogP contribution in [0.1, 0.15) is 11.1 Å². The Bertz CT molecular complexity index is 1330. The lowest BCUT2D eigenvalue weighted by molar-refractivity contribution is 0.324. The van der Waals surface area contributed by atoms with Gasteiger partial charge < -0.3 is 29.0 Å². The summed E-state index contributed by atoms with van der Waals surface area (Å²) >= 11 is 0. The average molecular weight is 474 g/mol. The number of aromatic nitrogens is 2. The van der Waals surface area contributed by atoms with Gasteiger partial charge in [-0.15, -0.1) is 0 Å². The highest BCUT2D eigenvalue weighted by atomic mass is 16.5. The Labute approximate surface area is 204 Å². The summed E-state index contributed by atoms with van der Waals surface area (Å²) in [5.41, 5.74) is 3.61. The predicted molar refractivity (Wildman–Crippen MR) is 137 cm³/mol. The largest absolute Gasteiger partial charge is 0.493 e. The minimum atomic E-state index is 0.566. The minimum Gasteiger partial charge on any atom is -0.493 e. The van der Waals surface area contributed by atoms with E-state index in [1.807, 2.05) is 60.7 Å². The molecule has 1 aromatic heterocycles. The summed E-state index contributed by atoms with van der Waals surface area (Å²) in [6, 6.07) is 15.5. The Hall–Kier alpha value is -4.46. The fourth-order valence-electron chi connectivity index (χ4n) is 3.69. The number of rotatable bonds is 9. The van der Waals surface area contributed by atoms with E-state index in [4.69, 9.17) is 23.7 Å². The van der Waals surface area contributed by atoms with Gasteiger partial charge in [0.1, 0.15) is 12.1 Å². The molecule has 0 bridgehead atoms. The Kier molecular flexibility index (Phi) is 7.21. The van der Waals surface area contributed by atoms with Gasteiger partial charge in [0.2, 0.25) is 5.75 Å². The standard InChI is InChI=1S/C27H27N3O5/c1-31-22-14-20-21(15-23(22)32-2)28-16-29-27(20)30-19-10-8-17(9-11-19)6-7-18-12-24(33-3)26(35-5)25(13-18)34-4/h6-16H,1-5H3,(H,28,29,30)/b7-6+. The van der Waals surface area contributed by atoms with Gasteiger partial charge in [0.25, 0.3) is 0 Å². The molecule has 180 valence electrons. The summed E-state index contributed by atoms with van der Waals surface area (Å²) in [6.45, 7) is 0. The van der Waals surface area contributed by atoms with Gasteiger partial charge in [-0.3, -0.25) is 0 Å². The molecule has 4 rings (SSSR count). The number of hydrogen-bond donors (Lipinski definition) is 1. The molecule has 0 atom stereocenters. The lowest BCUT2D eigenvalue weighted by atomic mass is 10.1. The average Bonchev–Trinajstić information content (AvgIpc) is 2.91. The molecular formula is C27H27N3O5. The number of nitrogens with zero attached hydrogens (tertiary/aromatic N) is 2. The van der Waals surface area contributed by atoms with Crippen LogP contribution in [-0.4, -0.2) is 45.5 Å². The quantitative estimate of drug-likeness (QED) is 0.315. The first-order chi connectivity index (χ1) is 17.1. The van der Waals surface area contributed by atoms with E-state index in [2.05, 4.69) is 15.3 Å². The first kappa shape index (κ1) is 23.7. The summed E-state index contributed by atoms with van der Waals surface area (Å²) < 4.78 is 27.1. The van der Waals surface area contributed by atoms with Crippen LogP contribution >= 0.6 is 0 Å². The Morgan fingerprint density at radius 2 is 1.23 bits per heavy atom. The van der Waals surface area contributed by atoms with Crippen molar-refractivity contribution in [2.45, 2.75) is 0 Å². The fourth-order valence-corrected chi connectivity index (χ4v) is 3.69. The van der Waals surface area contributed by atoms with E-state index in [0.29, 0.717) is 34.6 Å². The maximum Gasteiger partial charge on any atom is 0.203 e. The third-order valence-corrected chi connectivity index (χ3v) is 5.47. The molecular weight excluding hydrogens is 446 g/mol. The molecule has 4 aromatic rings. The molecule has 35 heavy (non-hydrogen) atoms. The highest BCUT2D eigenvalue weighted by molar-refractivity contribution is 5.93. The summed E-state index contributed by atoms with van der Waals surface area (Å²) in [6.07, 6.45) is 5.53. The fraction of sp³-hybridized carbons (Fsp3) is 0.185. The number of hydrogen-bond acceptors (Lipinski definition) is 8. The van der Waals surface area contributed by atoms with Gasteiger partial charge in [0.15, 0.2) is 23.0 Å². The monoisotopic (exact) mass is 473 g/mol. The number of anilines is 2. The number of fused-ring (bicyclic) bond motifs is 1. The predicted octanol–water partition coefficient (Wildman–Crippen LogP) is 5.59. The van der Waals surface area contributed by atoms with E-state index in [1.165, 1.54) is 6.33 Å². The van der Waals surface area contributed by atoms with Crippen LogP contribution in [0.15, 0.2) is 54.9 Å². The van der Waals surface area contributed by atoms with E-state index in [-0.39, 0.29) is 0 Å². The molecule has 3 aromatic carbocycles. The third-order valence-electron chi connectivity index (χ3n) is 5.47. The van der Waals surface area contributed by atoms with Crippen molar-refractivity contribution in [3.63, 3.8) is 0 Å². The van der Waals surface area contributed by atoms with Gasteiger partial charge in [-0.25, -0.2) is 9.97 Å². The van der Waals surface area contributed by atoms with Gasteiger partial charge in [-0.1, -0.05) is 24.3 Å². The van der Waals surface area contributed by atoms with Crippen LogP contribution in [0.3, 0.4) is 0 Å². The zero-order valence-corrected chi connectivity index (χ0v) is 20.3. The van der Waals surface area contributed by atoms with E-state index < -0.39 is 0 Å². The van der Waals surface area contributed by atoms with Crippen LogP contribution in [0.2, 0.25) is 0 Å². The molecule has 0 spiro atoms. The smallest absolute Gasteiger partial charge is 0.203 e. The molecule has 0 unspecified atom stereocenters. The maximum atomic E-state index is 5.43. The van der Waals surface area contributed by atoms with Crippen molar-refractivity contribution in [3.05, 3.63) is 66.0 Å².